The van der Waals surface area contributed by atoms with Crippen LogP contribution in [-0.2, 0) is 27.8 Å². The number of nitrogens with zero attached hydrogens (tertiary/aromatic N) is 2. The summed E-state index contributed by atoms with van der Waals surface area (Å²) in [6.07, 6.45) is 1.39. The molecule has 1 heterocycles. The molecule has 1 aliphatic heterocycles. The molecule has 0 spiro atoms. The summed E-state index contributed by atoms with van der Waals surface area (Å²) >= 11 is 2.13. The molecule has 0 bridgehead atoms. The summed E-state index contributed by atoms with van der Waals surface area (Å²) in [6.45, 7) is 1.41. The lowest BCUT2D eigenvalue weighted by Gasteiger charge is -2.31. The summed E-state index contributed by atoms with van der Waals surface area (Å²) in [7, 11) is -3.82. The summed E-state index contributed by atoms with van der Waals surface area (Å²) in [4.78, 5) is 14.4. The van der Waals surface area contributed by atoms with Crippen LogP contribution < -0.4 is 14.2 Å². The Labute approximate surface area is 283 Å². The Morgan fingerprint density at radius 1 is 0.913 bits per heavy atom. The van der Waals surface area contributed by atoms with Gasteiger partial charge in [0.1, 0.15) is 30.8 Å². The maximum absolute atomic E-state index is 13.2. The number of nitrogens with one attached hydrogen (secondary N) is 1. The van der Waals surface area contributed by atoms with Crippen LogP contribution in [-0.4, -0.2) is 51.3 Å². The fraction of sp³-hybridized carbons (Fsp3) is 0.257. The summed E-state index contributed by atoms with van der Waals surface area (Å²) in [5.41, 5.74) is 2.30. The number of amides is 1. The van der Waals surface area contributed by atoms with E-state index < -0.39 is 16.1 Å². The fourth-order valence-corrected chi connectivity index (χ4v) is 6.62. The van der Waals surface area contributed by atoms with Gasteiger partial charge >= 0.3 is 6.09 Å². The van der Waals surface area contributed by atoms with Gasteiger partial charge in [-0.2, -0.15) is 5.26 Å². The van der Waals surface area contributed by atoms with Gasteiger partial charge < -0.3 is 19.1 Å². The van der Waals surface area contributed by atoms with Crippen molar-refractivity contribution in [2.75, 3.05) is 19.7 Å². The van der Waals surface area contributed by atoms with Gasteiger partial charge in [0.15, 0.2) is 0 Å². The molecule has 1 aliphatic rings. The van der Waals surface area contributed by atoms with Crippen molar-refractivity contribution in [3.8, 4) is 17.6 Å². The minimum Gasteiger partial charge on any atom is -0.492 e. The van der Waals surface area contributed by atoms with Gasteiger partial charge in [0.25, 0.3) is 0 Å². The number of benzene rings is 4. The van der Waals surface area contributed by atoms with Crippen molar-refractivity contribution in [3.05, 3.63) is 123 Å². The number of sulfonamides is 1. The minimum atomic E-state index is -3.82. The third kappa shape index (κ3) is 9.69. The Morgan fingerprint density at radius 2 is 1.63 bits per heavy atom. The molecule has 4 aromatic rings. The minimum absolute atomic E-state index is 0.0323. The third-order valence-electron chi connectivity index (χ3n) is 7.47. The predicted molar refractivity (Wildman–Crippen MR) is 182 cm³/mol. The monoisotopic (exact) mass is 751 g/mol. The van der Waals surface area contributed by atoms with Crippen molar-refractivity contribution < 1.29 is 27.4 Å². The smallest absolute Gasteiger partial charge is 0.410 e. The topological polar surface area (TPSA) is 118 Å². The highest BCUT2D eigenvalue weighted by atomic mass is 127. The van der Waals surface area contributed by atoms with E-state index in [4.69, 9.17) is 14.2 Å². The standard InChI is InChI=1S/C35H34IN3O6S/c36-29-11-15-34(16-12-29)46(41,42)38-30(25-43-33-8-4-7-28(22-33)23-37)21-26-9-13-31(14-10-26)45-32-17-19-39(20-18-32)35(40)44-24-27-5-2-1-3-6-27/h1-16,22,30,32,38H,17-21,24-25H2/t30-/m0/s1. The SMILES string of the molecule is N#Cc1cccc(OC[C@H](Cc2ccc(OC3CCN(C(=O)OCc4ccccc4)CC3)cc2)NS(=O)(=O)c2ccc(I)cc2)c1. The van der Waals surface area contributed by atoms with Gasteiger partial charge in [-0.3, -0.25) is 0 Å². The van der Waals surface area contributed by atoms with E-state index in [0.717, 1.165) is 14.7 Å². The Kier molecular flexibility index (Phi) is 11.5. The molecule has 0 aliphatic carbocycles. The first-order valence-electron chi connectivity index (χ1n) is 14.9. The Bertz CT molecular complexity index is 1740. The van der Waals surface area contributed by atoms with Gasteiger partial charge in [-0.05, 0) is 94.7 Å². The van der Waals surface area contributed by atoms with Crippen molar-refractivity contribution in [2.45, 2.75) is 42.9 Å². The van der Waals surface area contributed by atoms with E-state index in [0.29, 0.717) is 49.4 Å². The first-order valence-corrected chi connectivity index (χ1v) is 17.5. The van der Waals surface area contributed by atoms with Crippen LogP contribution in [0.1, 0.15) is 29.5 Å². The van der Waals surface area contributed by atoms with E-state index in [1.54, 1.807) is 53.4 Å². The number of carbonyl (C=O) groups is 1. The zero-order chi connectivity index (χ0) is 32.4. The average Bonchev–Trinajstić information content (AvgIpc) is 3.08. The largest absolute Gasteiger partial charge is 0.492 e. The van der Waals surface area contributed by atoms with Crippen molar-refractivity contribution in [1.29, 1.82) is 5.26 Å². The average molecular weight is 752 g/mol. The van der Waals surface area contributed by atoms with Gasteiger partial charge in [0.2, 0.25) is 10.0 Å². The molecular weight excluding hydrogens is 717 g/mol. The molecule has 0 aromatic heterocycles. The van der Waals surface area contributed by atoms with E-state index in [2.05, 4.69) is 33.4 Å². The molecule has 0 radical (unpaired) electrons. The fourth-order valence-electron chi connectivity index (χ4n) is 5.04. The molecule has 0 saturated carbocycles. The number of piperidine rings is 1. The molecule has 238 valence electrons. The molecule has 1 saturated heterocycles. The highest BCUT2D eigenvalue weighted by Gasteiger charge is 2.25. The van der Waals surface area contributed by atoms with Gasteiger partial charge in [-0.1, -0.05) is 48.5 Å². The summed E-state index contributed by atoms with van der Waals surface area (Å²) in [6, 6.07) is 32.0. The molecule has 9 nitrogen and oxygen atoms in total. The van der Waals surface area contributed by atoms with Crippen LogP contribution in [0.3, 0.4) is 0 Å². The molecule has 5 rings (SSSR count). The van der Waals surface area contributed by atoms with Crippen molar-refractivity contribution in [2.24, 2.45) is 0 Å². The van der Waals surface area contributed by atoms with Crippen molar-refractivity contribution >= 4 is 38.7 Å². The predicted octanol–water partition coefficient (Wildman–Crippen LogP) is 6.31. The second-order valence-corrected chi connectivity index (χ2v) is 13.9. The summed E-state index contributed by atoms with van der Waals surface area (Å²) in [5, 5.41) is 9.22. The van der Waals surface area contributed by atoms with E-state index >= 15 is 0 Å². The van der Waals surface area contributed by atoms with E-state index in [9.17, 15) is 18.5 Å². The van der Waals surface area contributed by atoms with Crippen LogP contribution in [0.4, 0.5) is 4.79 Å². The molecule has 1 amide bonds. The van der Waals surface area contributed by atoms with Crippen LogP contribution in [0, 0.1) is 14.9 Å². The van der Waals surface area contributed by atoms with Gasteiger partial charge in [-0.15, -0.1) is 0 Å². The van der Waals surface area contributed by atoms with Gasteiger partial charge in [0, 0.05) is 29.5 Å². The van der Waals surface area contributed by atoms with Gasteiger partial charge in [-0.25, -0.2) is 17.9 Å². The quantitative estimate of drug-likeness (QED) is 0.169. The summed E-state index contributed by atoms with van der Waals surface area (Å²) in [5.74, 6) is 1.19. The molecule has 0 unspecified atom stereocenters. The molecule has 46 heavy (non-hydrogen) atoms. The van der Waals surface area contributed by atoms with Crippen LogP contribution in [0.15, 0.2) is 108 Å². The lowest BCUT2D eigenvalue weighted by Crippen LogP contribution is -2.42. The highest BCUT2D eigenvalue weighted by molar-refractivity contribution is 14.1. The number of hydrogen-bond donors (Lipinski definition) is 1. The van der Waals surface area contributed by atoms with E-state index in [-0.39, 0.29) is 30.3 Å². The van der Waals surface area contributed by atoms with Crippen LogP contribution in [0.5, 0.6) is 11.5 Å². The third-order valence-corrected chi connectivity index (χ3v) is 9.73. The molecular formula is C35H34IN3O6S. The zero-order valence-electron chi connectivity index (χ0n) is 25.0. The maximum Gasteiger partial charge on any atom is 0.410 e. The Balaban J connectivity index is 1.16. The summed E-state index contributed by atoms with van der Waals surface area (Å²) < 4.78 is 47.8. The van der Waals surface area contributed by atoms with E-state index in [1.807, 2.05) is 54.6 Å². The van der Waals surface area contributed by atoms with Crippen LogP contribution >= 0.6 is 22.6 Å². The number of carbonyl (C=O) groups excluding carboxylic acids is 1. The highest BCUT2D eigenvalue weighted by Crippen LogP contribution is 2.22. The molecule has 1 N–H and O–H groups in total. The second kappa shape index (κ2) is 15.9. The van der Waals surface area contributed by atoms with Gasteiger partial charge in [0.05, 0.1) is 22.6 Å². The normalized spacial score (nSPS) is 14.2. The molecule has 11 heteroatoms. The number of nitriles is 1. The number of likely N-dealkylation sites (tertiary alicyclic amines) is 1. The molecule has 1 fully saturated rings. The van der Waals surface area contributed by atoms with Crippen LogP contribution in [0.2, 0.25) is 0 Å². The molecule has 4 aromatic carbocycles. The first kappa shape index (κ1) is 33.2. The maximum atomic E-state index is 13.2. The lowest BCUT2D eigenvalue weighted by atomic mass is 10.1. The number of ether oxygens (including phenoxy) is 3. The number of hydrogen-bond acceptors (Lipinski definition) is 7. The van der Waals surface area contributed by atoms with Crippen molar-refractivity contribution in [1.82, 2.24) is 9.62 Å². The molecule has 1 atom stereocenters. The first-order chi connectivity index (χ1) is 22.3. The number of halogens is 1. The number of rotatable bonds is 12. The lowest BCUT2D eigenvalue weighted by molar-refractivity contribution is 0.0638. The van der Waals surface area contributed by atoms with E-state index in [1.165, 1.54) is 0 Å². The van der Waals surface area contributed by atoms with Crippen LogP contribution in [0.25, 0.3) is 0 Å². The zero-order valence-corrected chi connectivity index (χ0v) is 28.0. The Morgan fingerprint density at radius 3 is 2.33 bits per heavy atom. The second-order valence-electron chi connectivity index (χ2n) is 10.9. The Hall–Kier alpha value is -4.12. The van der Waals surface area contributed by atoms with Crippen molar-refractivity contribution in [3.63, 3.8) is 0 Å².